The maximum atomic E-state index is 5.88. The van der Waals surface area contributed by atoms with Crippen molar-refractivity contribution in [2.75, 3.05) is 12.8 Å². The molecule has 0 aliphatic heterocycles. The monoisotopic (exact) mass is 278 g/mol. The average Bonchev–Trinajstić information content (AvgIpc) is 2.29. The van der Waals surface area contributed by atoms with E-state index in [4.69, 9.17) is 10.5 Å². The van der Waals surface area contributed by atoms with E-state index in [1.807, 2.05) is 30.3 Å². The smallest absolute Gasteiger partial charge is 0.132 e. The molecule has 1 heterocycles. The number of halogens is 1. The molecule has 0 amide bonds. The van der Waals surface area contributed by atoms with E-state index >= 15 is 0 Å². The first-order valence-electron chi connectivity index (χ1n) is 4.77. The van der Waals surface area contributed by atoms with Gasteiger partial charge in [0, 0.05) is 21.8 Å². The van der Waals surface area contributed by atoms with Crippen molar-refractivity contribution in [3.8, 4) is 16.9 Å². The SMILES string of the molecule is COc1ccccc1-c1c(Br)ccnc1N. The third kappa shape index (κ3) is 1.88. The zero-order valence-electron chi connectivity index (χ0n) is 8.77. The summed E-state index contributed by atoms with van der Waals surface area (Å²) in [7, 11) is 1.64. The van der Waals surface area contributed by atoms with Crippen molar-refractivity contribution in [1.29, 1.82) is 0 Å². The molecule has 0 saturated heterocycles. The Morgan fingerprint density at radius 1 is 1.25 bits per heavy atom. The summed E-state index contributed by atoms with van der Waals surface area (Å²) in [5.41, 5.74) is 7.67. The number of nitrogens with two attached hydrogens (primary N) is 1. The lowest BCUT2D eigenvalue weighted by atomic mass is 10.1. The van der Waals surface area contributed by atoms with E-state index in [-0.39, 0.29) is 0 Å². The number of hydrogen-bond donors (Lipinski definition) is 1. The molecular weight excluding hydrogens is 268 g/mol. The van der Waals surface area contributed by atoms with Gasteiger partial charge in [0.05, 0.1) is 7.11 Å². The summed E-state index contributed by atoms with van der Waals surface area (Å²) in [4.78, 5) is 4.08. The Labute approximate surface area is 102 Å². The number of benzene rings is 1. The molecule has 0 unspecified atom stereocenters. The standard InChI is InChI=1S/C12H11BrN2O/c1-16-10-5-3-2-4-8(10)11-9(13)6-7-15-12(11)14/h2-7H,1H3,(H2,14,15). The van der Waals surface area contributed by atoms with E-state index in [2.05, 4.69) is 20.9 Å². The molecule has 1 aromatic carbocycles. The molecule has 16 heavy (non-hydrogen) atoms. The summed E-state index contributed by atoms with van der Waals surface area (Å²) in [5.74, 6) is 1.27. The Morgan fingerprint density at radius 3 is 2.69 bits per heavy atom. The summed E-state index contributed by atoms with van der Waals surface area (Å²) in [6.45, 7) is 0. The lowest BCUT2D eigenvalue weighted by Gasteiger charge is -2.11. The normalized spacial score (nSPS) is 10.1. The van der Waals surface area contributed by atoms with E-state index < -0.39 is 0 Å². The van der Waals surface area contributed by atoms with Crippen LogP contribution in [0.1, 0.15) is 0 Å². The van der Waals surface area contributed by atoms with E-state index in [0.717, 1.165) is 21.3 Å². The fraction of sp³-hybridized carbons (Fsp3) is 0.0833. The van der Waals surface area contributed by atoms with Crippen molar-refractivity contribution in [3.05, 3.63) is 41.0 Å². The number of anilines is 1. The van der Waals surface area contributed by atoms with Crippen LogP contribution in [0.5, 0.6) is 5.75 Å². The van der Waals surface area contributed by atoms with Gasteiger partial charge >= 0.3 is 0 Å². The Morgan fingerprint density at radius 2 is 2.00 bits per heavy atom. The molecule has 0 fully saturated rings. The number of rotatable bonds is 2. The van der Waals surface area contributed by atoms with Crippen LogP contribution in [0.15, 0.2) is 41.0 Å². The van der Waals surface area contributed by atoms with E-state index in [9.17, 15) is 0 Å². The van der Waals surface area contributed by atoms with Crippen LogP contribution < -0.4 is 10.5 Å². The van der Waals surface area contributed by atoms with Gasteiger partial charge in [0.2, 0.25) is 0 Å². The topological polar surface area (TPSA) is 48.1 Å². The number of aromatic nitrogens is 1. The number of hydrogen-bond acceptors (Lipinski definition) is 3. The van der Waals surface area contributed by atoms with Crippen molar-refractivity contribution >= 4 is 21.7 Å². The minimum absolute atomic E-state index is 0.485. The summed E-state index contributed by atoms with van der Waals surface area (Å²) < 4.78 is 6.21. The van der Waals surface area contributed by atoms with Crippen molar-refractivity contribution < 1.29 is 4.74 Å². The molecule has 2 rings (SSSR count). The van der Waals surface area contributed by atoms with Crippen molar-refractivity contribution in [3.63, 3.8) is 0 Å². The maximum absolute atomic E-state index is 5.88. The molecule has 0 atom stereocenters. The fourth-order valence-corrected chi connectivity index (χ4v) is 2.11. The largest absolute Gasteiger partial charge is 0.496 e. The number of ether oxygens (including phenoxy) is 1. The Bertz CT molecular complexity index is 494. The van der Waals surface area contributed by atoms with Crippen LogP contribution >= 0.6 is 15.9 Å². The van der Waals surface area contributed by atoms with Crippen LogP contribution in [0.25, 0.3) is 11.1 Å². The second kappa shape index (κ2) is 4.53. The van der Waals surface area contributed by atoms with E-state index in [1.165, 1.54) is 0 Å². The lowest BCUT2D eigenvalue weighted by Crippen LogP contribution is -1.96. The van der Waals surface area contributed by atoms with Gasteiger partial charge in [-0.15, -0.1) is 0 Å². The van der Waals surface area contributed by atoms with Crippen molar-refractivity contribution in [1.82, 2.24) is 4.98 Å². The molecule has 0 aliphatic rings. The Kier molecular flexibility index (Phi) is 3.10. The van der Waals surface area contributed by atoms with Gasteiger partial charge in [0.15, 0.2) is 0 Å². The lowest BCUT2D eigenvalue weighted by molar-refractivity contribution is 0.416. The highest BCUT2D eigenvalue weighted by Crippen LogP contribution is 2.37. The van der Waals surface area contributed by atoms with Gasteiger partial charge in [0.1, 0.15) is 11.6 Å². The van der Waals surface area contributed by atoms with Crippen LogP contribution in [0.3, 0.4) is 0 Å². The Hall–Kier alpha value is -1.55. The van der Waals surface area contributed by atoms with E-state index in [1.54, 1.807) is 13.3 Å². The third-order valence-corrected chi connectivity index (χ3v) is 2.97. The Balaban J connectivity index is 2.67. The van der Waals surface area contributed by atoms with Gasteiger partial charge in [0.25, 0.3) is 0 Å². The molecule has 1 aromatic heterocycles. The average molecular weight is 279 g/mol. The molecule has 0 aliphatic carbocycles. The minimum Gasteiger partial charge on any atom is -0.496 e. The zero-order chi connectivity index (χ0) is 11.5. The number of pyridine rings is 1. The van der Waals surface area contributed by atoms with Gasteiger partial charge in [-0.25, -0.2) is 4.98 Å². The predicted molar refractivity (Wildman–Crippen MR) is 68.3 cm³/mol. The summed E-state index contributed by atoms with van der Waals surface area (Å²) >= 11 is 3.47. The van der Waals surface area contributed by atoms with Gasteiger partial charge < -0.3 is 10.5 Å². The number of nitrogens with zero attached hydrogens (tertiary/aromatic N) is 1. The minimum atomic E-state index is 0.485. The summed E-state index contributed by atoms with van der Waals surface area (Å²) in [5, 5.41) is 0. The quantitative estimate of drug-likeness (QED) is 0.918. The first-order chi connectivity index (χ1) is 7.74. The maximum Gasteiger partial charge on any atom is 0.132 e. The molecule has 0 bridgehead atoms. The predicted octanol–water partition coefficient (Wildman–Crippen LogP) is 3.10. The number of nitrogen functional groups attached to an aromatic ring is 1. The van der Waals surface area contributed by atoms with Gasteiger partial charge in [-0.05, 0) is 28.1 Å². The first kappa shape index (κ1) is 11.0. The molecule has 2 N–H and O–H groups in total. The highest BCUT2D eigenvalue weighted by molar-refractivity contribution is 9.10. The first-order valence-corrected chi connectivity index (χ1v) is 5.56. The fourth-order valence-electron chi connectivity index (χ4n) is 1.57. The van der Waals surface area contributed by atoms with Crippen LogP contribution in [-0.4, -0.2) is 12.1 Å². The second-order valence-corrected chi connectivity index (χ2v) is 4.11. The van der Waals surface area contributed by atoms with Gasteiger partial charge in [-0.2, -0.15) is 0 Å². The highest BCUT2D eigenvalue weighted by atomic mass is 79.9. The van der Waals surface area contributed by atoms with Crippen LogP contribution in [0, 0.1) is 0 Å². The van der Waals surface area contributed by atoms with Gasteiger partial charge in [-0.3, -0.25) is 0 Å². The van der Waals surface area contributed by atoms with Crippen LogP contribution in [-0.2, 0) is 0 Å². The molecule has 2 aromatic rings. The molecule has 4 heteroatoms. The zero-order valence-corrected chi connectivity index (χ0v) is 10.4. The molecular formula is C12H11BrN2O. The van der Waals surface area contributed by atoms with E-state index in [0.29, 0.717) is 5.82 Å². The molecule has 0 saturated carbocycles. The number of para-hydroxylation sites is 1. The molecule has 0 spiro atoms. The van der Waals surface area contributed by atoms with Crippen molar-refractivity contribution in [2.45, 2.75) is 0 Å². The second-order valence-electron chi connectivity index (χ2n) is 3.25. The third-order valence-electron chi connectivity index (χ3n) is 2.31. The molecule has 0 radical (unpaired) electrons. The van der Waals surface area contributed by atoms with Gasteiger partial charge in [-0.1, -0.05) is 18.2 Å². The number of methoxy groups -OCH3 is 1. The van der Waals surface area contributed by atoms with Crippen LogP contribution in [0.4, 0.5) is 5.82 Å². The highest BCUT2D eigenvalue weighted by Gasteiger charge is 2.12. The van der Waals surface area contributed by atoms with Crippen molar-refractivity contribution in [2.24, 2.45) is 0 Å². The summed E-state index contributed by atoms with van der Waals surface area (Å²) in [6, 6.07) is 9.57. The molecule has 3 nitrogen and oxygen atoms in total. The summed E-state index contributed by atoms with van der Waals surface area (Å²) in [6.07, 6.45) is 1.67. The van der Waals surface area contributed by atoms with Crippen LogP contribution in [0.2, 0.25) is 0 Å². The molecule has 82 valence electrons.